The lowest BCUT2D eigenvalue weighted by Crippen LogP contribution is -2.41. The number of morpholine rings is 1. The Morgan fingerprint density at radius 3 is 2.41 bits per heavy atom. The number of sulfonamides is 1. The summed E-state index contributed by atoms with van der Waals surface area (Å²) < 4.78 is 32.8. The molecule has 0 spiro atoms. The highest BCUT2D eigenvalue weighted by atomic mass is 32.2. The molecule has 2 aromatic carbocycles. The van der Waals surface area contributed by atoms with Crippen molar-refractivity contribution < 1.29 is 22.7 Å². The van der Waals surface area contributed by atoms with Gasteiger partial charge in [-0.25, -0.2) is 8.42 Å². The molecule has 170 valence electrons. The molecule has 1 N–H and O–H groups in total. The molecule has 0 bridgehead atoms. The molecule has 1 saturated heterocycles. The third-order valence-corrected chi connectivity index (χ3v) is 7.85. The first-order valence-electron chi connectivity index (χ1n) is 10.5. The fraction of sp³-hybridized carbons (Fsp3) is 0.391. The van der Waals surface area contributed by atoms with Gasteiger partial charge in [0.1, 0.15) is 6.54 Å². The number of carbonyl (C=O) groups excluding carboxylic acids is 2. The highest BCUT2D eigenvalue weighted by Crippen LogP contribution is 2.42. The van der Waals surface area contributed by atoms with Crippen LogP contribution in [0.5, 0.6) is 0 Å². The SMILES string of the molecule is Cc1ccc(NC(=O)CN2C(=O)C(C)(C)c3cc(S(=O)(=O)N4CCOCC4)ccc32)cc1. The van der Waals surface area contributed by atoms with E-state index in [1.807, 2.05) is 19.1 Å². The van der Waals surface area contributed by atoms with E-state index in [0.29, 0.717) is 43.2 Å². The maximum atomic E-state index is 13.1. The Hall–Kier alpha value is -2.75. The molecule has 2 heterocycles. The molecular weight excluding hydrogens is 430 g/mol. The third-order valence-electron chi connectivity index (χ3n) is 5.96. The molecule has 9 heteroatoms. The van der Waals surface area contributed by atoms with Gasteiger partial charge in [-0.1, -0.05) is 17.7 Å². The number of hydrogen-bond acceptors (Lipinski definition) is 5. The Balaban J connectivity index is 1.59. The van der Waals surface area contributed by atoms with E-state index in [2.05, 4.69) is 5.32 Å². The van der Waals surface area contributed by atoms with Crippen LogP contribution in [0.1, 0.15) is 25.0 Å². The van der Waals surface area contributed by atoms with E-state index in [4.69, 9.17) is 4.74 Å². The molecule has 2 aromatic rings. The lowest BCUT2D eigenvalue weighted by Gasteiger charge is -2.26. The average Bonchev–Trinajstić information content (AvgIpc) is 2.96. The zero-order valence-corrected chi connectivity index (χ0v) is 19.2. The number of nitrogens with one attached hydrogen (secondary N) is 1. The second-order valence-electron chi connectivity index (χ2n) is 8.63. The van der Waals surface area contributed by atoms with Gasteiger partial charge in [-0.05, 0) is 56.7 Å². The Bertz CT molecular complexity index is 1150. The number of rotatable bonds is 5. The van der Waals surface area contributed by atoms with Gasteiger partial charge >= 0.3 is 0 Å². The van der Waals surface area contributed by atoms with Crippen molar-refractivity contribution in [3.05, 3.63) is 53.6 Å². The van der Waals surface area contributed by atoms with E-state index in [9.17, 15) is 18.0 Å². The average molecular weight is 458 g/mol. The van der Waals surface area contributed by atoms with Crippen LogP contribution in [0.15, 0.2) is 47.4 Å². The summed E-state index contributed by atoms with van der Waals surface area (Å²) in [5.74, 6) is -0.566. The second kappa shape index (κ2) is 8.31. The number of carbonyl (C=O) groups is 2. The van der Waals surface area contributed by atoms with Gasteiger partial charge in [0.25, 0.3) is 0 Å². The van der Waals surface area contributed by atoms with Crippen molar-refractivity contribution in [3.8, 4) is 0 Å². The Labute approximate surface area is 188 Å². The largest absolute Gasteiger partial charge is 0.379 e. The summed E-state index contributed by atoms with van der Waals surface area (Å²) in [5.41, 5.74) is 1.94. The number of amides is 2. The Kier molecular flexibility index (Phi) is 5.83. The zero-order chi connectivity index (χ0) is 23.1. The van der Waals surface area contributed by atoms with Crippen molar-refractivity contribution in [3.63, 3.8) is 0 Å². The molecule has 0 atom stereocenters. The quantitative estimate of drug-likeness (QED) is 0.743. The zero-order valence-electron chi connectivity index (χ0n) is 18.4. The molecule has 4 rings (SSSR count). The summed E-state index contributed by atoms with van der Waals surface area (Å²) in [7, 11) is -3.69. The topological polar surface area (TPSA) is 96.0 Å². The number of benzene rings is 2. The minimum atomic E-state index is -3.69. The minimum absolute atomic E-state index is 0.144. The van der Waals surface area contributed by atoms with Gasteiger partial charge in [0.15, 0.2) is 0 Å². The number of aryl methyl sites for hydroxylation is 1. The number of anilines is 2. The van der Waals surface area contributed by atoms with Gasteiger partial charge in [-0.2, -0.15) is 4.31 Å². The fourth-order valence-corrected chi connectivity index (χ4v) is 5.48. The van der Waals surface area contributed by atoms with Crippen LogP contribution >= 0.6 is 0 Å². The number of nitrogens with zero attached hydrogens (tertiary/aromatic N) is 2. The first-order chi connectivity index (χ1) is 15.1. The minimum Gasteiger partial charge on any atom is -0.379 e. The first-order valence-corrected chi connectivity index (χ1v) is 12.0. The summed E-state index contributed by atoms with van der Waals surface area (Å²) in [4.78, 5) is 27.3. The van der Waals surface area contributed by atoms with Crippen LogP contribution < -0.4 is 10.2 Å². The molecule has 8 nitrogen and oxygen atoms in total. The predicted molar refractivity (Wildman–Crippen MR) is 121 cm³/mol. The standard InChI is InChI=1S/C23H27N3O5S/c1-16-4-6-17(7-5-16)24-21(27)15-26-20-9-8-18(14-19(20)23(2,3)22(26)28)32(29,30)25-10-12-31-13-11-25/h4-9,14H,10-13,15H2,1-3H3,(H,24,27). The van der Waals surface area contributed by atoms with Crippen LogP contribution in [0.4, 0.5) is 11.4 Å². The van der Waals surface area contributed by atoms with Crippen molar-refractivity contribution in [1.82, 2.24) is 4.31 Å². The van der Waals surface area contributed by atoms with Gasteiger partial charge in [0, 0.05) is 24.5 Å². The molecule has 0 saturated carbocycles. The third kappa shape index (κ3) is 4.03. The monoisotopic (exact) mass is 457 g/mol. The summed E-state index contributed by atoms with van der Waals surface area (Å²) in [5, 5.41) is 2.81. The van der Waals surface area contributed by atoms with E-state index in [1.165, 1.54) is 15.3 Å². The maximum Gasteiger partial charge on any atom is 0.244 e. The molecule has 2 aliphatic rings. The summed E-state index contributed by atoms with van der Waals surface area (Å²) in [6, 6.07) is 12.1. The highest BCUT2D eigenvalue weighted by molar-refractivity contribution is 7.89. The van der Waals surface area contributed by atoms with Crippen molar-refractivity contribution in [2.75, 3.05) is 43.1 Å². The van der Waals surface area contributed by atoms with Gasteiger partial charge < -0.3 is 15.0 Å². The molecule has 0 radical (unpaired) electrons. The first kappa shape index (κ1) is 22.4. The number of ether oxygens (including phenoxy) is 1. The second-order valence-corrected chi connectivity index (χ2v) is 10.6. The van der Waals surface area contributed by atoms with E-state index in [-0.39, 0.29) is 23.3 Å². The lowest BCUT2D eigenvalue weighted by atomic mass is 9.86. The maximum absolute atomic E-state index is 13.1. The van der Waals surface area contributed by atoms with Crippen LogP contribution in [0.25, 0.3) is 0 Å². The Morgan fingerprint density at radius 2 is 1.75 bits per heavy atom. The van der Waals surface area contributed by atoms with Crippen molar-refractivity contribution in [2.45, 2.75) is 31.1 Å². The van der Waals surface area contributed by atoms with Crippen molar-refractivity contribution in [2.24, 2.45) is 0 Å². The molecule has 0 aromatic heterocycles. The lowest BCUT2D eigenvalue weighted by molar-refractivity contribution is -0.124. The molecule has 2 aliphatic heterocycles. The smallest absolute Gasteiger partial charge is 0.244 e. The van der Waals surface area contributed by atoms with Gasteiger partial charge in [-0.3, -0.25) is 9.59 Å². The normalized spacial score (nSPS) is 18.5. The molecule has 2 amide bonds. The van der Waals surface area contributed by atoms with E-state index >= 15 is 0 Å². The van der Waals surface area contributed by atoms with Crippen LogP contribution in [0.3, 0.4) is 0 Å². The summed E-state index contributed by atoms with van der Waals surface area (Å²) in [6.45, 7) is 6.62. The number of fused-ring (bicyclic) bond motifs is 1. The predicted octanol–water partition coefficient (Wildman–Crippen LogP) is 2.28. The van der Waals surface area contributed by atoms with Gasteiger partial charge in [-0.15, -0.1) is 0 Å². The van der Waals surface area contributed by atoms with E-state index in [1.54, 1.807) is 38.1 Å². The summed E-state index contributed by atoms with van der Waals surface area (Å²) in [6.07, 6.45) is 0. The highest BCUT2D eigenvalue weighted by Gasteiger charge is 2.45. The molecule has 1 fully saturated rings. The Morgan fingerprint density at radius 1 is 1.09 bits per heavy atom. The number of hydrogen-bond donors (Lipinski definition) is 1. The van der Waals surface area contributed by atoms with Crippen LogP contribution in [-0.2, 0) is 29.8 Å². The van der Waals surface area contributed by atoms with Crippen LogP contribution in [-0.4, -0.2) is 57.4 Å². The van der Waals surface area contributed by atoms with Crippen molar-refractivity contribution >= 4 is 33.2 Å². The molecule has 32 heavy (non-hydrogen) atoms. The van der Waals surface area contributed by atoms with Crippen LogP contribution in [0.2, 0.25) is 0 Å². The summed E-state index contributed by atoms with van der Waals surface area (Å²) >= 11 is 0. The molecule has 0 aliphatic carbocycles. The van der Waals surface area contributed by atoms with E-state index in [0.717, 1.165) is 5.56 Å². The molecule has 0 unspecified atom stereocenters. The van der Waals surface area contributed by atoms with Gasteiger partial charge in [0.05, 0.1) is 23.5 Å². The molecular formula is C23H27N3O5S. The van der Waals surface area contributed by atoms with Crippen molar-refractivity contribution in [1.29, 1.82) is 0 Å². The fourth-order valence-electron chi connectivity index (χ4n) is 4.05. The van der Waals surface area contributed by atoms with Gasteiger partial charge in [0.2, 0.25) is 21.8 Å². The van der Waals surface area contributed by atoms with E-state index < -0.39 is 15.4 Å². The van der Waals surface area contributed by atoms with Crippen LogP contribution in [0, 0.1) is 6.92 Å².